The van der Waals surface area contributed by atoms with Gasteiger partial charge >= 0.3 is 192 Å². The van der Waals surface area contributed by atoms with Crippen LogP contribution in [0.3, 0.4) is 0 Å². The number of rotatable bonds is 6. The van der Waals surface area contributed by atoms with Crippen LogP contribution >= 0.6 is 0 Å². The van der Waals surface area contributed by atoms with Gasteiger partial charge in [0.25, 0.3) is 0 Å². The normalized spacial score (nSPS) is 11.4. The number of hydrogen-bond acceptors (Lipinski definition) is 0. The van der Waals surface area contributed by atoms with Gasteiger partial charge in [0.15, 0.2) is 0 Å². The summed E-state index contributed by atoms with van der Waals surface area (Å²) in [7, 11) is 0. The second kappa shape index (κ2) is 10.3. The molecule has 0 aliphatic heterocycles. The molecule has 0 bridgehead atoms. The first-order chi connectivity index (χ1) is 15.1. The van der Waals surface area contributed by atoms with Crippen LogP contribution in [0.2, 0.25) is 0 Å². The van der Waals surface area contributed by atoms with Gasteiger partial charge in [0.05, 0.1) is 0 Å². The Labute approximate surface area is 192 Å². The molecule has 0 aromatic heterocycles. The molecule has 4 aromatic carbocycles. The number of hydrogen-bond donors (Lipinski definition) is 0. The molecule has 0 aliphatic carbocycles. The van der Waals surface area contributed by atoms with Crippen LogP contribution in [-0.2, 0) is 0 Å². The Morgan fingerprint density at radius 1 is 0.452 bits per heavy atom. The van der Waals surface area contributed by atoms with Gasteiger partial charge in [-0.15, -0.1) is 0 Å². The molecule has 0 atom stereocenters. The molecule has 0 N–H and O–H groups in total. The molecular formula is C30H26Se. The van der Waals surface area contributed by atoms with Crippen molar-refractivity contribution in [2.45, 2.75) is 13.8 Å². The molecule has 0 aliphatic rings. The summed E-state index contributed by atoms with van der Waals surface area (Å²) in [6.07, 6.45) is 8.72. The third-order valence-electron chi connectivity index (χ3n) is 5.02. The maximum absolute atomic E-state index is 2.25. The Balaban J connectivity index is 1.37. The molecule has 152 valence electrons. The summed E-state index contributed by atoms with van der Waals surface area (Å²) in [5.41, 5.74) is 7.53. The quantitative estimate of drug-likeness (QED) is 0.232. The monoisotopic (exact) mass is 466 g/mol. The van der Waals surface area contributed by atoms with Gasteiger partial charge in [0, 0.05) is 0 Å². The van der Waals surface area contributed by atoms with Crippen LogP contribution in [-0.4, -0.2) is 15.0 Å². The Kier molecular flexibility index (Phi) is 6.99. The van der Waals surface area contributed by atoms with E-state index in [1.807, 2.05) is 0 Å². The first-order valence-electron chi connectivity index (χ1n) is 10.5. The molecule has 0 fully saturated rings. The Bertz CT molecular complexity index is 1100. The zero-order valence-corrected chi connectivity index (χ0v) is 19.7. The second-order valence-corrected chi connectivity index (χ2v) is 10.1. The molecule has 0 saturated carbocycles. The van der Waals surface area contributed by atoms with Crippen LogP contribution in [0.4, 0.5) is 0 Å². The Hall–Kier alpha value is -3.12. The fourth-order valence-electron chi connectivity index (χ4n) is 3.36. The summed E-state index contributed by atoms with van der Waals surface area (Å²) in [5, 5.41) is 0. The molecule has 0 saturated heterocycles. The van der Waals surface area contributed by atoms with Crippen LogP contribution in [0, 0.1) is 13.8 Å². The van der Waals surface area contributed by atoms with Crippen molar-refractivity contribution in [1.29, 1.82) is 0 Å². The molecule has 0 unspecified atom stereocenters. The summed E-state index contributed by atoms with van der Waals surface area (Å²) in [6.45, 7) is 4.25. The van der Waals surface area contributed by atoms with Crippen molar-refractivity contribution in [3.8, 4) is 0 Å². The first-order valence-corrected chi connectivity index (χ1v) is 12.2. The number of aryl methyl sites for hydroxylation is 2. The van der Waals surface area contributed by atoms with Crippen molar-refractivity contribution in [2.75, 3.05) is 0 Å². The molecule has 0 nitrogen and oxygen atoms in total. The van der Waals surface area contributed by atoms with E-state index in [1.165, 1.54) is 42.3 Å². The Morgan fingerprint density at radius 3 is 1.23 bits per heavy atom. The predicted octanol–water partition coefficient (Wildman–Crippen LogP) is 6.30. The van der Waals surface area contributed by atoms with Crippen LogP contribution in [0.5, 0.6) is 0 Å². The molecular weight excluding hydrogens is 439 g/mol. The van der Waals surface area contributed by atoms with Crippen LogP contribution < -0.4 is 8.92 Å². The van der Waals surface area contributed by atoms with Crippen molar-refractivity contribution in [3.05, 3.63) is 130 Å². The van der Waals surface area contributed by atoms with E-state index in [0.29, 0.717) is 15.0 Å². The minimum absolute atomic E-state index is 0.317. The molecule has 0 spiro atoms. The average molecular weight is 465 g/mol. The topological polar surface area (TPSA) is 0 Å². The fourth-order valence-corrected chi connectivity index (χ4v) is 5.08. The summed E-state index contributed by atoms with van der Waals surface area (Å²) < 4.78 is 2.78. The van der Waals surface area contributed by atoms with Gasteiger partial charge in [-0.3, -0.25) is 0 Å². The van der Waals surface area contributed by atoms with E-state index in [2.05, 4.69) is 135 Å². The molecule has 0 radical (unpaired) electrons. The predicted molar refractivity (Wildman–Crippen MR) is 138 cm³/mol. The second-order valence-electron chi connectivity index (χ2n) is 7.74. The van der Waals surface area contributed by atoms with E-state index >= 15 is 0 Å². The van der Waals surface area contributed by atoms with Gasteiger partial charge in [0.2, 0.25) is 0 Å². The third kappa shape index (κ3) is 6.43. The van der Waals surface area contributed by atoms with Gasteiger partial charge in [-0.1, -0.05) is 0 Å². The third-order valence-corrected chi connectivity index (χ3v) is 7.15. The van der Waals surface area contributed by atoms with E-state index < -0.39 is 0 Å². The van der Waals surface area contributed by atoms with Gasteiger partial charge < -0.3 is 0 Å². The number of benzene rings is 4. The zero-order valence-electron chi connectivity index (χ0n) is 18.0. The maximum atomic E-state index is 2.25. The average Bonchev–Trinajstić information content (AvgIpc) is 2.78. The minimum atomic E-state index is 0.317. The van der Waals surface area contributed by atoms with Crippen LogP contribution in [0.1, 0.15) is 33.4 Å². The van der Waals surface area contributed by atoms with E-state index in [4.69, 9.17) is 0 Å². The van der Waals surface area contributed by atoms with E-state index in [-0.39, 0.29) is 0 Å². The summed E-state index contributed by atoms with van der Waals surface area (Å²) in [6, 6.07) is 35.0. The van der Waals surface area contributed by atoms with Gasteiger partial charge in [-0.2, -0.15) is 0 Å². The van der Waals surface area contributed by atoms with Gasteiger partial charge in [-0.25, -0.2) is 0 Å². The van der Waals surface area contributed by atoms with Gasteiger partial charge in [0.1, 0.15) is 0 Å². The van der Waals surface area contributed by atoms with Crippen molar-refractivity contribution in [3.63, 3.8) is 0 Å². The Morgan fingerprint density at radius 2 is 0.839 bits per heavy atom. The molecule has 4 aromatic rings. The summed E-state index contributed by atoms with van der Waals surface area (Å²) in [5.74, 6) is 0. The van der Waals surface area contributed by atoms with Gasteiger partial charge in [-0.05, 0) is 0 Å². The van der Waals surface area contributed by atoms with E-state index in [0.717, 1.165) is 0 Å². The van der Waals surface area contributed by atoms with Crippen LogP contribution in [0.15, 0.2) is 97.1 Å². The van der Waals surface area contributed by atoms with Crippen molar-refractivity contribution in [2.24, 2.45) is 0 Å². The van der Waals surface area contributed by atoms with E-state index in [1.54, 1.807) is 0 Å². The summed E-state index contributed by atoms with van der Waals surface area (Å²) >= 11 is 0.317. The van der Waals surface area contributed by atoms with Crippen molar-refractivity contribution >= 4 is 48.2 Å². The molecule has 0 heterocycles. The first kappa shape index (κ1) is 21.1. The SMILES string of the molecule is Cc1cccc(/C=C/c2ccc([Se]c3ccc(/C=C/c4cccc(C)c4)cc3)cc2)c1. The molecule has 0 amide bonds. The standard InChI is InChI=1S/C30H26Se/c1-23-5-3-7-27(21-23)11-9-25-13-17-29(18-14-25)31-30-19-15-26(16-20-30)10-12-28-8-4-6-24(2)22-28/h3-22H,1-2H3/b11-9+,12-10+. The van der Waals surface area contributed by atoms with Crippen LogP contribution in [0.25, 0.3) is 24.3 Å². The fraction of sp³-hybridized carbons (Fsp3) is 0.0667. The molecule has 31 heavy (non-hydrogen) atoms. The van der Waals surface area contributed by atoms with E-state index in [9.17, 15) is 0 Å². The van der Waals surface area contributed by atoms with Crippen molar-refractivity contribution in [1.82, 2.24) is 0 Å². The molecule has 1 heteroatoms. The molecule has 4 rings (SSSR count). The summed E-state index contributed by atoms with van der Waals surface area (Å²) in [4.78, 5) is 0. The zero-order chi connectivity index (χ0) is 21.5. The van der Waals surface area contributed by atoms with Crippen molar-refractivity contribution < 1.29 is 0 Å².